The van der Waals surface area contributed by atoms with E-state index in [0.717, 1.165) is 4.47 Å². The minimum atomic E-state index is -2.86. The van der Waals surface area contributed by atoms with E-state index in [1.807, 2.05) is 13.8 Å². The van der Waals surface area contributed by atoms with Gasteiger partial charge in [0.2, 0.25) is 5.91 Å². The van der Waals surface area contributed by atoms with Crippen LogP contribution in [-0.4, -0.2) is 25.1 Å². The molecule has 0 unspecified atom stereocenters. The predicted molar refractivity (Wildman–Crippen MR) is 80.4 cm³/mol. The highest BCUT2D eigenvalue weighted by Crippen LogP contribution is 2.24. The smallest absolute Gasteiger partial charge is 0.387 e. The maximum Gasteiger partial charge on any atom is 0.387 e. The van der Waals surface area contributed by atoms with Crippen LogP contribution in [0.2, 0.25) is 0 Å². The standard InChI is InChI=1S/C14H19BrF2N2O2/c1-9(2)19-13(20)5-6-18-8-10-7-11(15)3-4-12(10)21-14(16)17/h3-4,7,9,14,18H,5-6,8H2,1-2H3,(H,19,20). The minimum absolute atomic E-state index is 0.0456. The van der Waals surface area contributed by atoms with Crippen molar-refractivity contribution in [2.75, 3.05) is 6.54 Å². The molecule has 1 aromatic rings. The van der Waals surface area contributed by atoms with E-state index in [0.29, 0.717) is 25.1 Å². The van der Waals surface area contributed by atoms with Gasteiger partial charge in [-0.05, 0) is 32.0 Å². The number of nitrogens with one attached hydrogen (secondary N) is 2. The van der Waals surface area contributed by atoms with Gasteiger partial charge in [-0.25, -0.2) is 0 Å². The number of amides is 1. The van der Waals surface area contributed by atoms with E-state index < -0.39 is 6.61 Å². The Hall–Kier alpha value is -1.21. The first kappa shape index (κ1) is 17.8. The second-order valence-corrected chi connectivity index (χ2v) is 5.70. The summed E-state index contributed by atoms with van der Waals surface area (Å²) < 4.78 is 29.9. The normalized spacial score (nSPS) is 11.0. The number of benzene rings is 1. The van der Waals surface area contributed by atoms with E-state index in [2.05, 4.69) is 31.3 Å². The summed E-state index contributed by atoms with van der Waals surface area (Å²) in [6.45, 7) is 1.72. The molecular formula is C14H19BrF2N2O2. The second-order valence-electron chi connectivity index (χ2n) is 4.78. The number of hydrogen-bond acceptors (Lipinski definition) is 3. The molecule has 0 radical (unpaired) electrons. The summed E-state index contributed by atoms with van der Waals surface area (Å²) >= 11 is 3.29. The third-order valence-electron chi connectivity index (χ3n) is 2.53. The van der Waals surface area contributed by atoms with Crippen molar-refractivity contribution in [1.82, 2.24) is 10.6 Å². The van der Waals surface area contributed by atoms with Gasteiger partial charge in [-0.3, -0.25) is 4.79 Å². The zero-order valence-corrected chi connectivity index (χ0v) is 13.5. The first-order valence-corrected chi connectivity index (χ1v) is 7.41. The van der Waals surface area contributed by atoms with Crippen molar-refractivity contribution in [2.45, 2.75) is 39.5 Å². The van der Waals surface area contributed by atoms with Gasteiger partial charge in [-0.2, -0.15) is 8.78 Å². The summed E-state index contributed by atoms with van der Waals surface area (Å²) in [6, 6.07) is 4.93. The lowest BCUT2D eigenvalue weighted by Gasteiger charge is -2.12. The van der Waals surface area contributed by atoms with Gasteiger partial charge in [0.15, 0.2) is 0 Å². The topological polar surface area (TPSA) is 50.4 Å². The van der Waals surface area contributed by atoms with Gasteiger partial charge in [-0.1, -0.05) is 15.9 Å². The molecule has 0 atom stereocenters. The third-order valence-corrected chi connectivity index (χ3v) is 3.03. The van der Waals surface area contributed by atoms with Crippen molar-refractivity contribution in [1.29, 1.82) is 0 Å². The van der Waals surface area contributed by atoms with Crippen LogP contribution in [0, 0.1) is 0 Å². The Balaban J connectivity index is 2.47. The maximum atomic E-state index is 12.3. The van der Waals surface area contributed by atoms with Crippen LogP contribution in [0.15, 0.2) is 22.7 Å². The van der Waals surface area contributed by atoms with Gasteiger partial charge in [-0.15, -0.1) is 0 Å². The monoisotopic (exact) mass is 364 g/mol. The Labute approximate surface area is 131 Å². The van der Waals surface area contributed by atoms with E-state index >= 15 is 0 Å². The first-order valence-electron chi connectivity index (χ1n) is 6.61. The second kappa shape index (κ2) is 8.94. The number of carbonyl (C=O) groups excluding carboxylic acids is 1. The van der Waals surface area contributed by atoms with Crippen LogP contribution >= 0.6 is 15.9 Å². The van der Waals surface area contributed by atoms with Crippen molar-refractivity contribution in [2.24, 2.45) is 0 Å². The van der Waals surface area contributed by atoms with Crippen molar-refractivity contribution in [3.63, 3.8) is 0 Å². The zero-order chi connectivity index (χ0) is 15.8. The molecular weight excluding hydrogens is 346 g/mol. The van der Waals surface area contributed by atoms with Crippen LogP contribution in [0.3, 0.4) is 0 Å². The van der Waals surface area contributed by atoms with Crippen LogP contribution in [0.5, 0.6) is 5.75 Å². The predicted octanol–water partition coefficient (Wildman–Crippen LogP) is 3.05. The minimum Gasteiger partial charge on any atom is -0.434 e. The molecule has 1 amide bonds. The number of alkyl halides is 2. The molecule has 0 aliphatic carbocycles. The molecule has 0 saturated carbocycles. The van der Waals surface area contributed by atoms with E-state index in [1.165, 1.54) is 6.07 Å². The fourth-order valence-corrected chi connectivity index (χ4v) is 2.12. The van der Waals surface area contributed by atoms with Crippen LogP contribution in [0.25, 0.3) is 0 Å². The highest BCUT2D eigenvalue weighted by molar-refractivity contribution is 9.10. The Kier molecular flexibility index (Phi) is 7.60. The fourth-order valence-electron chi connectivity index (χ4n) is 1.72. The largest absolute Gasteiger partial charge is 0.434 e. The molecule has 0 spiro atoms. The maximum absolute atomic E-state index is 12.3. The molecule has 0 fully saturated rings. The molecule has 0 aromatic heterocycles. The van der Waals surface area contributed by atoms with Crippen molar-refractivity contribution in [3.05, 3.63) is 28.2 Å². The molecule has 0 bridgehead atoms. The number of hydrogen-bond donors (Lipinski definition) is 2. The molecule has 7 heteroatoms. The van der Waals surface area contributed by atoms with Gasteiger partial charge in [0.25, 0.3) is 0 Å². The molecule has 2 N–H and O–H groups in total. The van der Waals surface area contributed by atoms with Gasteiger partial charge >= 0.3 is 6.61 Å². The quantitative estimate of drug-likeness (QED) is 0.697. The number of rotatable bonds is 8. The average Bonchev–Trinajstić information content (AvgIpc) is 2.36. The molecule has 21 heavy (non-hydrogen) atoms. The lowest BCUT2D eigenvalue weighted by Crippen LogP contribution is -2.32. The van der Waals surface area contributed by atoms with E-state index in [9.17, 15) is 13.6 Å². The molecule has 1 rings (SSSR count). The third kappa shape index (κ3) is 7.38. The summed E-state index contributed by atoms with van der Waals surface area (Å²) in [4.78, 5) is 11.4. The number of carbonyl (C=O) groups is 1. The molecule has 0 heterocycles. The zero-order valence-electron chi connectivity index (χ0n) is 12.0. The lowest BCUT2D eigenvalue weighted by atomic mass is 10.2. The summed E-state index contributed by atoms with van der Waals surface area (Å²) in [5.74, 6) is 0.0862. The van der Waals surface area contributed by atoms with E-state index in [-0.39, 0.29) is 17.7 Å². The number of ether oxygens (including phenoxy) is 1. The highest BCUT2D eigenvalue weighted by Gasteiger charge is 2.10. The molecule has 118 valence electrons. The van der Waals surface area contributed by atoms with Crippen molar-refractivity contribution in [3.8, 4) is 5.75 Å². The van der Waals surface area contributed by atoms with Gasteiger partial charge in [0.05, 0.1) is 0 Å². The highest BCUT2D eigenvalue weighted by atomic mass is 79.9. The molecule has 1 aromatic carbocycles. The summed E-state index contributed by atoms with van der Waals surface area (Å²) in [7, 11) is 0. The fraction of sp³-hybridized carbons (Fsp3) is 0.500. The Morgan fingerprint density at radius 3 is 2.71 bits per heavy atom. The Morgan fingerprint density at radius 2 is 2.10 bits per heavy atom. The summed E-state index contributed by atoms with van der Waals surface area (Å²) in [5.41, 5.74) is 0.606. The average molecular weight is 365 g/mol. The Bertz CT molecular complexity index is 470. The van der Waals surface area contributed by atoms with E-state index in [4.69, 9.17) is 0 Å². The van der Waals surface area contributed by atoms with Crippen LogP contribution < -0.4 is 15.4 Å². The van der Waals surface area contributed by atoms with Crippen LogP contribution in [-0.2, 0) is 11.3 Å². The van der Waals surface area contributed by atoms with Gasteiger partial charge in [0.1, 0.15) is 5.75 Å². The van der Waals surface area contributed by atoms with Gasteiger partial charge < -0.3 is 15.4 Å². The Morgan fingerprint density at radius 1 is 1.38 bits per heavy atom. The van der Waals surface area contributed by atoms with Gasteiger partial charge in [0, 0.05) is 35.6 Å². The van der Waals surface area contributed by atoms with Crippen LogP contribution in [0.4, 0.5) is 8.78 Å². The molecule has 0 saturated heterocycles. The summed E-state index contributed by atoms with van der Waals surface area (Å²) in [5, 5.41) is 5.82. The van der Waals surface area contributed by atoms with Crippen LogP contribution in [0.1, 0.15) is 25.8 Å². The molecule has 0 aliphatic rings. The summed E-state index contributed by atoms with van der Waals surface area (Å²) in [6.07, 6.45) is 0.331. The first-order chi connectivity index (χ1) is 9.88. The molecule has 0 aliphatic heterocycles. The lowest BCUT2D eigenvalue weighted by molar-refractivity contribution is -0.121. The van der Waals surface area contributed by atoms with Crippen molar-refractivity contribution >= 4 is 21.8 Å². The SMILES string of the molecule is CC(C)NC(=O)CCNCc1cc(Br)ccc1OC(F)F. The number of halogens is 3. The van der Waals surface area contributed by atoms with E-state index in [1.54, 1.807) is 12.1 Å². The molecule has 4 nitrogen and oxygen atoms in total. The van der Waals surface area contributed by atoms with Crippen molar-refractivity contribution < 1.29 is 18.3 Å².